The number of fused-ring (bicyclic) bond motifs is 2. The van der Waals surface area contributed by atoms with Gasteiger partial charge in [0.1, 0.15) is 17.1 Å². The first kappa shape index (κ1) is 26.6. The number of aromatic nitrogens is 2. The largest absolute Gasteiger partial charge is 0.490 e. The molecule has 0 bridgehead atoms. The Kier molecular flexibility index (Phi) is 7.74. The Hall–Kier alpha value is -4.04. The SMILES string of the molecule is CC(Oc1ccc(Oc2cnc3cc(Cl)ccc3n2)cc1)C(=O)NCCCOc1cccc2c1OC(C)(C)C2. The molecule has 3 aromatic carbocycles. The summed E-state index contributed by atoms with van der Waals surface area (Å²) in [4.78, 5) is 21.3. The number of hydrogen-bond donors (Lipinski definition) is 1. The highest BCUT2D eigenvalue weighted by atomic mass is 35.5. The van der Waals surface area contributed by atoms with Gasteiger partial charge < -0.3 is 24.3 Å². The van der Waals surface area contributed by atoms with E-state index in [9.17, 15) is 4.79 Å². The van der Waals surface area contributed by atoms with Crippen LogP contribution in [0, 0.1) is 0 Å². The van der Waals surface area contributed by atoms with E-state index in [1.165, 1.54) is 0 Å². The van der Waals surface area contributed by atoms with Crippen LogP contribution < -0.4 is 24.3 Å². The number of carbonyl (C=O) groups excluding carboxylic acids is 1. The lowest BCUT2D eigenvalue weighted by Crippen LogP contribution is -2.37. The predicted octanol–water partition coefficient (Wildman–Crippen LogP) is 6.14. The van der Waals surface area contributed by atoms with E-state index in [2.05, 4.69) is 35.2 Å². The van der Waals surface area contributed by atoms with E-state index in [4.69, 9.17) is 30.5 Å². The van der Waals surface area contributed by atoms with Gasteiger partial charge in [-0.25, -0.2) is 9.97 Å². The molecule has 0 spiro atoms. The van der Waals surface area contributed by atoms with Crippen molar-refractivity contribution in [3.05, 3.63) is 77.4 Å². The summed E-state index contributed by atoms with van der Waals surface area (Å²) in [6, 6.07) is 18.2. The second-order valence-corrected chi connectivity index (χ2v) is 10.4. The first-order valence-electron chi connectivity index (χ1n) is 12.8. The molecule has 0 fully saturated rings. The number of hydrogen-bond acceptors (Lipinski definition) is 7. The molecule has 0 radical (unpaired) electrons. The van der Waals surface area contributed by atoms with Crippen molar-refractivity contribution in [2.24, 2.45) is 0 Å². The summed E-state index contributed by atoms with van der Waals surface area (Å²) in [5.41, 5.74) is 2.31. The van der Waals surface area contributed by atoms with Crippen molar-refractivity contribution in [3.63, 3.8) is 0 Å². The van der Waals surface area contributed by atoms with Crippen LogP contribution in [0.25, 0.3) is 11.0 Å². The highest BCUT2D eigenvalue weighted by Gasteiger charge is 2.32. The Labute approximate surface area is 232 Å². The molecule has 9 heteroatoms. The molecule has 0 saturated carbocycles. The van der Waals surface area contributed by atoms with Crippen LogP contribution >= 0.6 is 11.6 Å². The maximum atomic E-state index is 12.5. The highest BCUT2D eigenvalue weighted by molar-refractivity contribution is 6.31. The zero-order valence-corrected chi connectivity index (χ0v) is 22.8. The zero-order chi connectivity index (χ0) is 27.4. The van der Waals surface area contributed by atoms with Crippen molar-refractivity contribution < 1.29 is 23.7 Å². The van der Waals surface area contributed by atoms with Gasteiger partial charge in [0.25, 0.3) is 5.91 Å². The Morgan fingerprint density at radius 2 is 1.90 bits per heavy atom. The summed E-state index contributed by atoms with van der Waals surface area (Å²) < 4.78 is 23.6. The number of halogens is 1. The van der Waals surface area contributed by atoms with E-state index in [0.29, 0.717) is 53.0 Å². The number of para-hydroxylation sites is 1. The number of ether oxygens (including phenoxy) is 4. The molecule has 8 nitrogen and oxygen atoms in total. The van der Waals surface area contributed by atoms with Crippen molar-refractivity contribution in [2.75, 3.05) is 13.2 Å². The van der Waals surface area contributed by atoms with E-state index in [1.54, 1.807) is 55.6 Å². The molecule has 1 amide bonds. The quantitative estimate of drug-likeness (QED) is 0.238. The Morgan fingerprint density at radius 3 is 2.72 bits per heavy atom. The second-order valence-electron chi connectivity index (χ2n) is 9.95. The fourth-order valence-corrected chi connectivity index (χ4v) is 4.46. The molecule has 5 rings (SSSR count). The van der Waals surface area contributed by atoms with Crippen molar-refractivity contribution in [3.8, 4) is 28.9 Å². The highest BCUT2D eigenvalue weighted by Crippen LogP contribution is 2.41. The smallest absolute Gasteiger partial charge is 0.260 e. The van der Waals surface area contributed by atoms with Crippen LogP contribution in [-0.4, -0.2) is 40.7 Å². The van der Waals surface area contributed by atoms with E-state index in [-0.39, 0.29) is 11.5 Å². The van der Waals surface area contributed by atoms with Gasteiger partial charge >= 0.3 is 0 Å². The molecule has 1 aromatic heterocycles. The van der Waals surface area contributed by atoms with Crippen LogP contribution in [-0.2, 0) is 11.2 Å². The van der Waals surface area contributed by atoms with Gasteiger partial charge in [-0.3, -0.25) is 4.79 Å². The molecule has 2 heterocycles. The maximum Gasteiger partial charge on any atom is 0.260 e. The zero-order valence-electron chi connectivity index (χ0n) is 22.1. The van der Waals surface area contributed by atoms with E-state index < -0.39 is 6.10 Å². The number of benzene rings is 3. The van der Waals surface area contributed by atoms with Crippen LogP contribution in [0.4, 0.5) is 0 Å². The first-order valence-corrected chi connectivity index (χ1v) is 13.2. The van der Waals surface area contributed by atoms with Gasteiger partial charge in [0, 0.05) is 23.6 Å². The first-order chi connectivity index (χ1) is 18.8. The maximum absolute atomic E-state index is 12.5. The predicted molar refractivity (Wildman–Crippen MR) is 149 cm³/mol. The summed E-state index contributed by atoms with van der Waals surface area (Å²) in [5.74, 6) is 2.84. The number of nitrogens with zero attached hydrogens (tertiary/aromatic N) is 2. The van der Waals surface area contributed by atoms with E-state index in [1.807, 2.05) is 12.1 Å². The molecular formula is C30H30ClN3O5. The Balaban J connectivity index is 1.05. The normalized spacial score (nSPS) is 14.3. The van der Waals surface area contributed by atoms with Gasteiger partial charge in [-0.15, -0.1) is 0 Å². The third-order valence-corrected chi connectivity index (χ3v) is 6.38. The van der Waals surface area contributed by atoms with Crippen molar-refractivity contribution in [1.29, 1.82) is 0 Å². The molecule has 202 valence electrons. The van der Waals surface area contributed by atoms with Gasteiger partial charge in [-0.2, -0.15) is 0 Å². The molecule has 1 unspecified atom stereocenters. The molecule has 4 aromatic rings. The third-order valence-electron chi connectivity index (χ3n) is 6.14. The fourth-order valence-electron chi connectivity index (χ4n) is 4.29. The van der Waals surface area contributed by atoms with Gasteiger partial charge in [0.05, 0.1) is 23.8 Å². The summed E-state index contributed by atoms with van der Waals surface area (Å²) in [6.07, 6.45) is 2.39. The lowest BCUT2D eigenvalue weighted by atomic mass is 10.0. The monoisotopic (exact) mass is 547 g/mol. The second kappa shape index (κ2) is 11.4. The molecule has 0 saturated heterocycles. The van der Waals surface area contributed by atoms with Gasteiger partial charge in [0.15, 0.2) is 17.6 Å². The van der Waals surface area contributed by atoms with Crippen LogP contribution in [0.1, 0.15) is 32.8 Å². The topological polar surface area (TPSA) is 91.8 Å². The average molecular weight is 548 g/mol. The molecule has 0 aliphatic carbocycles. The lowest BCUT2D eigenvalue weighted by molar-refractivity contribution is -0.127. The van der Waals surface area contributed by atoms with Crippen LogP contribution in [0.5, 0.6) is 28.9 Å². The summed E-state index contributed by atoms with van der Waals surface area (Å²) >= 11 is 6.00. The molecule has 1 aliphatic heterocycles. The van der Waals surface area contributed by atoms with Crippen molar-refractivity contribution in [1.82, 2.24) is 15.3 Å². The molecule has 1 aliphatic rings. The number of nitrogens with one attached hydrogen (secondary N) is 1. The minimum absolute atomic E-state index is 0.201. The van der Waals surface area contributed by atoms with Crippen molar-refractivity contribution >= 4 is 28.5 Å². The molecule has 39 heavy (non-hydrogen) atoms. The molecule has 1 N–H and O–H groups in total. The summed E-state index contributed by atoms with van der Waals surface area (Å²) in [7, 11) is 0. The van der Waals surface area contributed by atoms with Gasteiger partial charge in [-0.1, -0.05) is 23.7 Å². The fraction of sp³-hybridized carbons (Fsp3) is 0.300. The Morgan fingerprint density at radius 1 is 1.10 bits per heavy atom. The molecule has 1 atom stereocenters. The van der Waals surface area contributed by atoms with Crippen LogP contribution in [0.3, 0.4) is 0 Å². The number of amides is 1. The van der Waals surface area contributed by atoms with Crippen LogP contribution in [0.15, 0.2) is 66.9 Å². The standard InChI is InChI=1S/C30H30ClN3O5/c1-19(29(35)32-14-5-15-36-26-7-4-6-20-17-30(2,3)39-28(20)26)37-22-9-11-23(12-10-22)38-27-18-33-25-16-21(31)8-13-24(25)34-27/h4,6-13,16,18-19H,5,14-15,17H2,1-3H3,(H,32,35). The summed E-state index contributed by atoms with van der Waals surface area (Å²) in [5, 5.41) is 3.49. The third kappa shape index (κ3) is 6.70. The Bertz CT molecular complexity index is 1480. The molecular weight excluding hydrogens is 518 g/mol. The van der Waals surface area contributed by atoms with Gasteiger partial charge in [-0.05, 0) is 75.7 Å². The van der Waals surface area contributed by atoms with E-state index >= 15 is 0 Å². The minimum Gasteiger partial charge on any atom is -0.490 e. The van der Waals surface area contributed by atoms with Crippen LogP contribution in [0.2, 0.25) is 5.02 Å². The number of rotatable bonds is 10. The summed E-state index contributed by atoms with van der Waals surface area (Å²) in [6.45, 7) is 6.78. The minimum atomic E-state index is -0.663. The lowest BCUT2D eigenvalue weighted by Gasteiger charge is -2.18. The number of carbonyl (C=O) groups is 1. The average Bonchev–Trinajstić information content (AvgIpc) is 3.24. The van der Waals surface area contributed by atoms with Crippen molar-refractivity contribution in [2.45, 2.75) is 45.3 Å². The van der Waals surface area contributed by atoms with Gasteiger partial charge in [0.2, 0.25) is 5.88 Å². The van der Waals surface area contributed by atoms with E-state index in [0.717, 1.165) is 23.5 Å².